The molecule has 124 valence electrons. The highest BCUT2D eigenvalue weighted by atomic mass is 32.1. The Morgan fingerprint density at radius 3 is 1.86 bits per heavy atom. The van der Waals surface area contributed by atoms with Gasteiger partial charge in [-0.15, -0.1) is 0 Å². The topological polar surface area (TPSA) is 35.2 Å². The molecule has 1 aromatic rings. The van der Waals surface area contributed by atoms with Crippen molar-refractivity contribution in [1.82, 2.24) is 0 Å². The van der Waals surface area contributed by atoms with E-state index in [1.54, 1.807) is 0 Å². The summed E-state index contributed by atoms with van der Waals surface area (Å²) in [6.45, 7) is 2.27. The molecule has 1 aromatic carbocycles. The molecular weight excluding hydrogens is 290 g/mol. The third-order valence-electron chi connectivity index (χ3n) is 3.96. The van der Waals surface area contributed by atoms with Gasteiger partial charge in [0.1, 0.15) is 5.75 Å². The third kappa shape index (κ3) is 9.78. The molecule has 0 aliphatic heterocycles. The molecule has 0 amide bonds. The molecule has 0 heterocycles. The van der Waals surface area contributed by atoms with Crippen molar-refractivity contribution < 1.29 is 4.74 Å². The molecule has 0 atom stereocenters. The first-order valence-electron chi connectivity index (χ1n) is 8.78. The molecule has 2 N–H and O–H groups in total. The second kappa shape index (κ2) is 12.5. The first-order chi connectivity index (χ1) is 10.7. The van der Waals surface area contributed by atoms with Gasteiger partial charge < -0.3 is 10.5 Å². The zero-order valence-electron chi connectivity index (χ0n) is 14.0. The number of hydrogen-bond donors (Lipinski definition) is 1. The van der Waals surface area contributed by atoms with Gasteiger partial charge in [-0.2, -0.15) is 0 Å². The maximum Gasteiger partial charge on any atom is 0.259 e. The zero-order valence-corrected chi connectivity index (χ0v) is 14.8. The smallest absolute Gasteiger partial charge is 0.259 e. The second-order valence-electron chi connectivity index (χ2n) is 6.00. The second-order valence-corrected chi connectivity index (χ2v) is 6.40. The Hall–Kier alpha value is -1.09. The van der Waals surface area contributed by atoms with Crippen LogP contribution in [0.1, 0.15) is 76.7 Å². The molecule has 0 bridgehead atoms. The molecule has 0 fully saturated rings. The van der Waals surface area contributed by atoms with Crippen LogP contribution in [0, 0.1) is 0 Å². The number of rotatable bonds is 12. The number of benzene rings is 1. The quantitative estimate of drug-likeness (QED) is 0.392. The zero-order chi connectivity index (χ0) is 16.0. The number of thiocarbonyl (C=S) groups is 1. The van der Waals surface area contributed by atoms with Gasteiger partial charge in [0.15, 0.2) is 0 Å². The Morgan fingerprint density at radius 2 is 1.36 bits per heavy atom. The van der Waals surface area contributed by atoms with E-state index in [0.717, 1.165) is 12.2 Å². The van der Waals surface area contributed by atoms with Crippen LogP contribution in [0.15, 0.2) is 24.3 Å². The Bertz CT molecular complexity index is 402. The minimum absolute atomic E-state index is 0.0717. The van der Waals surface area contributed by atoms with Crippen LogP contribution in [0.3, 0.4) is 0 Å². The lowest BCUT2D eigenvalue weighted by atomic mass is 10.0. The van der Waals surface area contributed by atoms with Crippen molar-refractivity contribution in [2.75, 3.05) is 0 Å². The van der Waals surface area contributed by atoms with Crippen LogP contribution in [0.5, 0.6) is 5.75 Å². The average Bonchev–Trinajstić information content (AvgIpc) is 2.50. The molecule has 0 saturated carbocycles. The molecule has 0 saturated heterocycles. The van der Waals surface area contributed by atoms with Crippen molar-refractivity contribution in [2.45, 2.75) is 77.6 Å². The summed E-state index contributed by atoms with van der Waals surface area (Å²) in [5, 5.41) is 0.0717. The number of aryl methyl sites for hydroxylation is 1. The van der Waals surface area contributed by atoms with Crippen molar-refractivity contribution in [3.8, 4) is 5.75 Å². The molecule has 0 spiro atoms. The first-order valence-corrected chi connectivity index (χ1v) is 9.19. The predicted molar refractivity (Wildman–Crippen MR) is 99.4 cm³/mol. The van der Waals surface area contributed by atoms with E-state index in [1.165, 1.54) is 69.8 Å². The van der Waals surface area contributed by atoms with Crippen molar-refractivity contribution in [3.63, 3.8) is 0 Å². The Morgan fingerprint density at radius 1 is 0.864 bits per heavy atom. The molecule has 0 unspecified atom stereocenters. The Kier molecular flexibility index (Phi) is 10.7. The predicted octanol–water partition coefficient (Wildman–Crippen LogP) is 5.77. The molecular formula is C19H31NOS. The highest BCUT2D eigenvalue weighted by molar-refractivity contribution is 7.80. The third-order valence-corrected chi connectivity index (χ3v) is 4.04. The van der Waals surface area contributed by atoms with Gasteiger partial charge in [-0.3, -0.25) is 0 Å². The van der Waals surface area contributed by atoms with Gasteiger partial charge in [0.25, 0.3) is 5.17 Å². The standard InChI is InChI=1S/C19H31NOS/c1-2-3-4-5-6-7-8-9-10-11-12-17-13-15-18(16-14-17)21-19(20)22/h13-16H,2-12H2,1H3,(H2,20,22). The molecule has 22 heavy (non-hydrogen) atoms. The van der Waals surface area contributed by atoms with Gasteiger partial charge in [0.05, 0.1) is 0 Å². The van der Waals surface area contributed by atoms with Gasteiger partial charge in [0.2, 0.25) is 0 Å². The van der Waals surface area contributed by atoms with Gasteiger partial charge in [-0.25, -0.2) is 0 Å². The summed E-state index contributed by atoms with van der Waals surface area (Å²) in [7, 11) is 0. The van der Waals surface area contributed by atoms with Crippen LogP contribution in [0.4, 0.5) is 0 Å². The Labute approximate surface area is 141 Å². The van der Waals surface area contributed by atoms with E-state index in [4.69, 9.17) is 22.7 Å². The van der Waals surface area contributed by atoms with Crippen LogP contribution in [-0.4, -0.2) is 5.17 Å². The van der Waals surface area contributed by atoms with E-state index >= 15 is 0 Å². The average molecular weight is 322 g/mol. The lowest BCUT2D eigenvalue weighted by Gasteiger charge is -2.05. The van der Waals surface area contributed by atoms with Gasteiger partial charge in [-0.05, 0) is 42.8 Å². The monoisotopic (exact) mass is 321 g/mol. The SMILES string of the molecule is CCCCCCCCCCCCc1ccc(OC(N)=S)cc1. The van der Waals surface area contributed by atoms with Crippen LogP contribution >= 0.6 is 12.2 Å². The van der Waals surface area contributed by atoms with Gasteiger partial charge in [0, 0.05) is 0 Å². The molecule has 1 rings (SSSR count). The minimum atomic E-state index is 0.0717. The number of hydrogen-bond acceptors (Lipinski definition) is 2. The molecule has 0 aliphatic carbocycles. The van der Waals surface area contributed by atoms with E-state index in [0.29, 0.717) is 0 Å². The normalized spacial score (nSPS) is 10.6. The minimum Gasteiger partial charge on any atom is -0.432 e. The van der Waals surface area contributed by atoms with Crippen LogP contribution < -0.4 is 10.5 Å². The summed E-state index contributed by atoms with van der Waals surface area (Å²) in [5.41, 5.74) is 6.70. The van der Waals surface area contributed by atoms with E-state index in [9.17, 15) is 0 Å². The fraction of sp³-hybridized carbons (Fsp3) is 0.632. The summed E-state index contributed by atoms with van der Waals surface area (Å²) in [5.74, 6) is 0.722. The van der Waals surface area contributed by atoms with Gasteiger partial charge in [-0.1, -0.05) is 76.8 Å². The lowest BCUT2D eigenvalue weighted by molar-refractivity contribution is 0.554. The van der Waals surface area contributed by atoms with Crippen LogP contribution in [0.25, 0.3) is 0 Å². The van der Waals surface area contributed by atoms with E-state index in [1.807, 2.05) is 12.1 Å². The van der Waals surface area contributed by atoms with Crippen molar-refractivity contribution in [2.24, 2.45) is 5.73 Å². The van der Waals surface area contributed by atoms with Crippen LogP contribution in [-0.2, 0) is 6.42 Å². The summed E-state index contributed by atoms with van der Waals surface area (Å²) in [6, 6.07) is 8.07. The highest BCUT2D eigenvalue weighted by Gasteiger charge is 1.98. The van der Waals surface area contributed by atoms with E-state index in [2.05, 4.69) is 19.1 Å². The largest absolute Gasteiger partial charge is 0.432 e. The molecule has 3 heteroatoms. The molecule has 0 aromatic heterocycles. The van der Waals surface area contributed by atoms with Crippen LogP contribution in [0.2, 0.25) is 0 Å². The Balaban J connectivity index is 1.99. The van der Waals surface area contributed by atoms with Crippen molar-refractivity contribution in [3.05, 3.63) is 29.8 Å². The number of ether oxygens (including phenoxy) is 1. The summed E-state index contributed by atoms with van der Waals surface area (Å²) >= 11 is 4.72. The van der Waals surface area contributed by atoms with Crippen molar-refractivity contribution in [1.29, 1.82) is 0 Å². The summed E-state index contributed by atoms with van der Waals surface area (Å²) < 4.78 is 5.18. The fourth-order valence-corrected chi connectivity index (χ4v) is 2.75. The lowest BCUT2D eigenvalue weighted by Crippen LogP contribution is -2.15. The maximum absolute atomic E-state index is 5.34. The summed E-state index contributed by atoms with van der Waals surface area (Å²) in [4.78, 5) is 0. The fourth-order valence-electron chi connectivity index (χ4n) is 2.66. The van der Waals surface area contributed by atoms with Crippen molar-refractivity contribution >= 4 is 17.4 Å². The molecule has 2 nitrogen and oxygen atoms in total. The summed E-state index contributed by atoms with van der Waals surface area (Å²) in [6.07, 6.45) is 14.9. The highest BCUT2D eigenvalue weighted by Crippen LogP contribution is 2.15. The molecule has 0 radical (unpaired) electrons. The number of nitrogens with two attached hydrogens (primary N) is 1. The van der Waals surface area contributed by atoms with E-state index in [-0.39, 0.29) is 5.17 Å². The maximum atomic E-state index is 5.34. The first kappa shape index (κ1) is 19.0. The molecule has 0 aliphatic rings. The van der Waals surface area contributed by atoms with E-state index < -0.39 is 0 Å². The number of unbranched alkanes of at least 4 members (excludes halogenated alkanes) is 9. The van der Waals surface area contributed by atoms with Gasteiger partial charge >= 0.3 is 0 Å².